The lowest BCUT2D eigenvalue weighted by atomic mass is 10.3. The average Bonchev–Trinajstić information content (AvgIpc) is 2.22. The monoisotopic (exact) mass is 273 g/mol. The highest BCUT2D eigenvalue weighted by Gasteiger charge is 2.29. The average molecular weight is 273 g/mol. The summed E-state index contributed by atoms with van der Waals surface area (Å²) in [4.78, 5) is 10.8. The van der Waals surface area contributed by atoms with Crippen LogP contribution in [0.4, 0.5) is 36.8 Å². The second kappa shape index (κ2) is 5.15. The summed E-state index contributed by atoms with van der Waals surface area (Å²) >= 11 is 0. The van der Waals surface area contributed by atoms with Crippen LogP contribution in [0, 0.1) is 17.5 Å². The number of halogens is 6. The second-order valence-corrected chi connectivity index (χ2v) is 3.06. The van der Waals surface area contributed by atoms with Crippen LogP contribution in [0.25, 0.3) is 0 Å². The molecule has 0 aliphatic carbocycles. The van der Waals surface area contributed by atoms with Gasteiger partial charge in [-0.3, -0.25) is 5.32 Å². The van der Waals surface area contributed by atoms with Crippen LogP contribution in [0.5, 0.6) is 0 Å². The van der Waals surface area contributed by atoms with Crippen molar-refractivity contribution >= 4 is 11.8 Å². The highest BCUT2D eigenvalue weighted by molar-refractivity contribution is 5.84. The highest BCUT2D eigenvalue weighted by atomic mass is 19.4. The van der Waals surface area contributed by atoms with Gasteiger partial charge in [0.05, 0.1) is 5.69 Å². The summed E-state index contributed by atoms with van der Waals surface area (Å²) in [5.74, 6) is -4.32. The van der Waals surface area contributed by atoms with E-state index in [1.807, 2.05) is 0 Å². The summed E-state index contributed by atoms with van der Waals surface area (Å²) in [6.07, 6.45) is -6.39. The van der Waals surface area contributed by atoms with Crippen molar-refractivity contribution in [1.29, 1.82) is 0 Å². The minimum Gasteiger partial charge on any atom is -0.440 e. The standard InChI is InChI=1S/C9H5F6NO2/c10-4-1-6(12)7(2-5(4)11)16-8(17)18-3-9(13,14)15/h1-2H,3H2,(H,16,17). The molecule has 0 fully saturated rings. The third-order valence-corrected chi connectivity index (χ3v) is 1.61. The SMILES string of the molecule is O=C(Nc1cc(F)c(F)cc1F)OCC(F)(F)F. The fourth-order valence-corrected chi connectivity index (χ4v) is 0.912. The van der Waals surface area contributed by atoms with Crippen LogP contribution in [0.1, 0.15) is 0 Å². The van der Waals surface area contributed by atoms with Gasteiger partial charge in [0.2, 0.25) is 0 Å². The Morgan fingerprint density at radius 2 is 1.67 bits per heavy atom. The summed E-state index contributed by atoms with van der Waals surface area (Å²) in [7, 11) is 0. The maximum atomic E-state index is 13.0. The minimum atomic E-state index is -4.75. The summed E-state index contributed by atoms with van der Waals surface area (Å²) < 4.78 is 76.8. The molecular formula is C9H5F6NO2. The fraction of sp³-hybridized carbons (Fsp3) is 0.222. The summed E-state index contributed by atoms with van der Waals surface area (Å²) in [6, 6.07) is 0.411. The van der Waals surface area contributed by atoms with E-state index >= 15 is 0 Å². The van der Waals surface area contributed by atoms with Crippen molar-refractivity contribution in [2.24, 2.45) is 0 Å². The van der Waals surface area contributed by atoms with E-state index in [4.69, 9.17) is 0 Å². The molecule has 0 saturated heterocycles. The minimum absolute atomic E-state index is 0.134. The number of alkyl halides is 3. The van der Waals surface area contributed by atoms with Gasteiger partial charge in [0.15, 0.2) is 18.2 Å². The predicted molar refractivity (Wildman–Crippen MR) is 47.3 cm³/mol. The van der Waals surface area contributed by atoms with Gasteiger partial charge in [-0.15, -0.1) is 0 Å². The van der Waals surface area contributed by atoms with E-state index in [0.717, 1.165) is 0 Å². The van der Waals surface area contributed by atoms with Gasteiger partial charge in [-0.05, 0) is 0 Å². The molecule has 0 radical (unpaired) electrons. The Kier molecular flexibility index (Phi) is 4.04. The van der Waals surface area contributed by atoms with Crippen molar-refractivity contribution < 1.29 is 35.9 Å². The lowest BCUT2D eigenvalue weighted by molar-refractivity contribution is -0.159. The number of carbonyl (C=O) groups is 1. The van der Waals surface area contributed by atoms with Crippen LogP contribution in [-0.4, -0.2) is 18.9 Å². The number of nitrogens with one attached hydrogen (secondary N) is 1. The van der Waals surface area contributed by atoms with Gasteiger partial charge in [0, 0.05) is 12.1 Å². The molecule has 0 bridgehead atoms. The Labute approximate surface area is 96.3 Å². The van der Waals surface area contributed by atoms with Crippen LogP contribution in [0.3, 0.4) is 0 Å². The van der Waals surface area contributed by atoms with Crippen molar-refractivity contribution in [2.45, 2.75) is 6.18 Å². The number of hydrogen-bond donors (Lipinski definition) is 1. The number of rotatable bonds is 2. The van der Waals surface area contributed by atoms with Crippen LogP contribution >= 0.6 is 0 Å². The molecule has 0 aliphatic heterocycles. The molecule has 100 valence electrons. The van der Waals surface area contributed by atoms with Crippen LogP contribution in [-0.2, 0) is 4.74 Å². The zero-order valence-corrected chi connectivity index (χ0v) is 8.45. The van der Waals surface area contributed by atoms with Gasteiger partial charge in [0.1, 0.15) is 5.82 Å². The van der Waals surface area contributed by atoms with Crippen LogP contribution < -0.4 is 5.32 Å². The van der Waals surface area contributed by atoms with E-state index in [2.05, 4.69) is 4.74 Å². The van der Waals surface area contributed by atoms with Gasteiger partial charge in [-0.25, -0.2) is 18.0 Å². The first-order valence-corrected chi connectivity index (χ1v) is 4.34. The Hall–Kier alpha value is -1.93. The number of hydrogen-bond acceptors (Lipinski definition) is 2. The van der Waals surface area contributed by atoms with E-state index in [0.29, 0.717) is 0 Å². The molecule has 18 heavy (non-hydrogen) atoms. The molecule has 0 heterocycles. The number of benzene rings is 1. The zero-order chi connectivity index (χ0) is 13.9. The molecular weight excluding hydrogens is 268 g/mol. The van der Waals surface area contributed by atoms with Gasteiger partial charge >= 0.3 is 12.3 Å². The van der Waals surface area contributed by atoms with Crippen LogP contribution in [0.15, 0.2) is 12.1 Å². The molecule has 0 spiro atoms. The largest absolute Gasteiger partial charge is 0.440 e. The van der Waals surface area contributed by atoms with E-state index in [-0.39, 0.29) is 12.1 Å². The quantitative estimate of drug-likeness (QED) is 0.663. The molecule has 9 heteroatoms. The number of anilines is 1. The third kappa shape index (κ3) is 4.15. The Bertz CT molecular complexity index is 459. The first-order chi connectivity index (χ1) is 8.19. The third-order valence-electron chi connectivity index (χ3n) is 1.61. The topological polar surface area (TPSA) is 38.3 Å². The van der Waals surface area contributed by atoms with Crippen molar-refractivity contribution in [3.05, 3.63) is 29.6 Å². The van der Waals surface area contributed by atoms with Gasteiger partial charge in [0.25, 0.3) is 0 Å². The molecule has 0 saturated carbocycles. The van der Waals surface area contributed by atoms with Gasteiger partial charge < -0.3 is 4.74 Å². The maximum Gasteiger partial charge on any atom is 0.422 e. The maximum absolute atomic E-state index is 13.0. The number of amides is 1. The molecule has 0 aliphatic rings. The highest BCUT2D eigenvalue weighted by Crippen LogP contribution is 2.19. The van der Waals surface area contributed by atoms with Crippen molar-refractivity contribution in [1.82, 2.24) is 0 Å². The number of ether oxygens (including phenoxy) is 1. The summed E-state index contributed by atoms with van der Waals surface area (Å²) in [6.45, 7) is -1.88. The Balaban J connectivity index is 2.68. The second-order valence-electron chi connectivity index (χ2n) is 3.06. The molecule has 0 aromatic heterocycles. The molecule has 3 nitrogen and oxygen atoms in total. The van der Waals surface area contributed by atoms with Crippen molar-refractivity contribution in [3.8, 4) is 0 Å². The Morgan fingerprint density at radius 3 is 2.22 bits per heavy atom. The lowest BCUT2D eigenvalue weighted by Gasteiger charge is -2.09. The predicted octanol–water partition coefficient (Wildman–Crippen LogP) is 3.21. The van der Waals surface area contributed by atoms with Crippen molar-refractivity contribution in [3.63, 3.8) is 0 Å². The van der Waals surface area contributed by atoms with Crippen molar-refractivity contribution in [2.75, 3.05) is 11.9 Å². The molecule has 1 amide bonds. The van der Waals surface area contributed by atoms with E-state index in [1.54, 1.807) is 0 Å². The molecule has 0 unspecified atom stereocenters. The van der Waals surface area contributed by atoms with Gasteiger partial charge in [-0.1, -0.05) is 0 Å². The smallest absolute Gasteiger partial charge is 0.422 e. The van der Waals surface area contributed by atoms with E-state index < -0.39 is 42.0 Å². The van der Waals surface area contributed by atoms with Crippen LogP contribution in [0.2, 0.25) is 0 Å². The fourth-order valence-electron chi connectivity index (χ4n) is 0.912. The van der Waals surface area contributed by atoms with E-state index in [1.165, 1.54) is 5.32 Å². The van der Waals surface area contributed by atoms with E-state index in [9.17, 15) is 31.1 Å². The lowest BCUT2D eigenvalue weighted by Crippen LogP contribution is -2.23. The Morgan fingerprint density at radius 1 is 1.11 bits per heavy atom. The summed E-state index contributed by atoms with van der Waals surface area (Å²) in [5.41, 5.74) is -0.832. The molecule has 1 rings (SSSR count). The molecule has 1 N–H and O–H groups in total. The normalized spacial score (nSPS) is 11.2. The molecule has 1 aromatic carbocycles. The first kappa shape index (κ1) is 14.1. The first-order valence-electron chi connectivity index (χ1n) is 4.34. The zero-order valence-electron chi connectivity index (χ0n) is 8.45. The number of carbonyl (C=O) groups excluding carboxylic acids is 1. The van der Waals surface area contributed by atoms with Gasteiger partial charge in [-0.2, -0.15) is 13.2 Å². The molecule has 1 aromatic rings. The molecule has 0 atom stereocenters. The summed E-state index contributed by atoms with van der Waals surface area (Å²) in [5, 5.41) is 1.51.